The standard InChI is InChI=1S/C17H17ClN4O3/c1-9(16-20-10(2)21-22-16)19-8-12-4-6-15(25-12)11-3-5-14(18)13(7-11)17(23)24/h3-7,9,19H,8H2,1-2H3,(H,23,24)(H,20,21,22). The number of hydrogen-bond donors (Lipinski definition) is 3. The lowest BCUT2D eigenvalue weighted by atomic mass is 10.1. The molecule has 25 heavy (non-hydrogen) atoms. The number of aryl methyl sites for hydroxylation is 1. The molecule has 0 aliphatic rings. The minimum atomic E-state index is -1.07. The summed E-state index contributed by atoms with van der Waals surface area (Å²) < 4.78 is 5.79. The van der Waals surface area contributed by atoms with Gasteiger partial charge in [-0.25, -0.2) is 9.78 Å². The molecule has 0 radical (unpaired) electrons. The minimum absolute atomic E-state index is 0.0346. The smallest absolute Gasteiger partial charge is 0.337 e. The highest BCUT2D eigenvalue weighted by Gasteiger charge is 2.14. The Bertz CT molecular complexity index is 903. The molecule has 0 amide bonds. The van der Waals surface area contributed by atoms with Crippen molar-refractivity contribution in [3.05, 3.63) is 58.3 Å². The molecular weight excluding hydrogens is 344 g/mol. The molecule has 0 aliphatic heterocycles. The Hall–Kier alpha value is -2.64. The molecule has 2 heterocycles. The topological polar surface area (TPSA) is 104 Å². The minimum Gasteiger partial charge on any atom is -0.478 e. The normalized spacial score (nSPS) is 12.3. The van der Waals surface area contributed by atoms with Crippen LogP contribution in [-0.4, -0.2) is 26.3 Å². The van der Waals surface area contributed by atoms with E-state index in [0.717, 1.165) is 11.6 Å². The predicted molar refractivity (Wildman–Crippen MR) is 92.5 cm³/mol. The fourth-order valence-electron chi connectivity index (χ4n) is 2.37. The largest absolute Gasteiger partial charge is 0.478 e. The molecule has 1 unspecified atom stereocenters. The summed E-state index contributed by atoms with van der Waals surface area (Å²) in [4.78, 5) is 15.5. The molecule has 3 aromatic rings. The molecule has 1 aromatic carbocycles. The number of H-pyrrole nitrogens is 1. The van der Waals surface area contributed by atoms with Gasteiger partial charge in [0, 0.05) is 5.56 Å². The van der Waals surface area contributed by atoms with Gasteiger partial charge in [-0.2, -0.15) is 5.10 Å². The molecule has 2 aromatic heterocycles. The molecule has 0 bridgehead atoms. The van der Waals surface area contributed by atoms with E-state index in [1.165, 1.54) is 6.07 Å². The highest BCUT2D eigenvalue weighted by Crippen LogP contribution is 2.27. The van der Waals surface area contributed by atoms with Crippen molar-refractivity contribution < 1.29 is 14.3 Å². The van der Waals surface area contributed by atoms with Gasteiger partial charge in [-0.15, -0.1) is 0 Å². The second-order valence-corrected chi connectivity index (χ2v) is 6.05. The lowest BCUT2D eigenvalue weighted by molar-refractivity contribution is 0.0697. The molecule has 0 fully saturated rings. The number of furan rings is 1. The van der Waals surface area contributed by atoms with Gasteiger partial charge in [-0.3, -0.25) is 5.10 Å². The third kappa shape index (κ3) is 3.89. The van der Waals surface area contributed by atoms with Crippen molar-refractivity contribution in [1.29, 1.82) is 0 Å². The van der Waals surface area contributed by atoms with E-state index in [0.29, 0.717) is 23.7 Å². The van der Waals surface area contributed by atoms with Crippen LogP contribution in [0.2, 0.25) is 5.02 Å². The molecule has 1 atom stereocenters. The van der Waals surface area contributed by atoms with Crippen molar-refractivity contribution in [3.8, 4) is 11.3 Å². The fourth-order valence-corrected chi connectivity index (χ4v) is 2.57. The van der Waals surface area contributed by atoms with E-state index in [9.17, 15) is 4.79 Å². The Morgan fingerprint density at radius 1 is 1.40 bits per heavy atom. The zero-order chi connectivity index (χ0) is 18.0. The van der Waals surface area contributed by atoms with E-state index in [1.54, 1.807) is 18.2 Å². The first-order valence-electron chi connectivity index (χ1n) is 7.68. The number of halogens is 1. The summed E-state index contributed by atoms with van der Waals surface area (Å²) in [5, 5.41) is 19.6. The van der Waals surface area contributed by atoms with Crippen LogP contribution in [0.15, 0.2) is 34.7 Å². The Balaban J connectivity index is 1.70. The maximum absolute atomic E-state index is 11.2. The van der Waals surface area contributed by atoms with Crippen molar-refractivity contribution in [2.75, 3.05) is 0 Å². The number of carboxylic acid groups (broad SMARTS) is 1. The van der Waals surface area contributed by atoms with Crippen molar-refractivity contribution in [2.24, 2.45) is 0 Å². The quantitative estimate of drug-likeness (QED) is 0.620. The number of hydrogen-bond acceptors (Lipinski definition) is 5. The van der Waals surface area contributed by atoms with Gasteiger partial charge in [0.1, 0.15) is 17.3 Å². The van der Waals surface area contributed by atoms with E-state index < -0.39 is 5.97 Å². The van der Waals surface area contributed by atoms with Gasteiger partial charge in [0.05, 0.1) is 23.2 Å². The summed E-state index contributed by atoms with van der Waals surface area (Å²) >= 11 is 5.89. The highest BCUT2D eigenvalue weighted by atomic mass is 35.5. The van der Waals surface area contributed by atoms with Crippen molar-refractivity contribution in [3.63, 3.8) is 0 Å². The second kappa shape index (κ2) is 7.08. The first kappa shape index (κ1) is 17.2. The van der Waals surface area contributed by atoms with Gasteiger partial charge in [0.25, 0.3) is 0 Å². The van der Waals surface area contributed by atoms with Crippen LogP contribution < -0.4 is 5.32 Å². The summed E-state index contributed by atoms with van der Waals surface area (Å²) in [5.41, 5.74) is 0.703. The van der Waals surface area contributed by atoms with Crippen LogP contribution in [0.3, 0.4) is 0 Å². The predicted octanol–water partition coefficient (Wildman–Crippen LogP) is 3.58. The molecule has 0 aliphatic carbocycles. The molecule has 3 rings (SSSR count). The van der Waals surface area contributed by atoms with Crippen LogP contribution in [0, 0.1) is 6.92 Å². The third-order valence-electron chi connectivity index (χ3n) is 3.73. The summed E-state index contributed by atoms with van der Waals surface area (Å²) in [6.45, 7) is 4.30. The fraction of sp³-hybridized carbons (Fsp3) is 0.235. The van der Waals surface area contributed by atoms with Crippen molar-refractivity contribution in [2.45, 2.75) is 26.4 Å². The number of benzene rings is 1. The second-order valence-electron chi connectivity index (χ2n) is 5.65. The zero-order valence-electron chi connectivity index (χ0n) is 13.7. The van der Waals surface area contributed by atoms with Gasteiger partial charge in [-0.05, 0) is 44.2 Å². The SMILES string of the molecule is Cc1nc(C(C)NCc2ccc(-c3ccc(Cl)c(C(=O)O)c3)o2)n[nH]1. The maximum Gasteiger partial charge on any atom is 0.337 e. The van der Waals surface area contributed by atoms with Crippen molar-refractivity contribution >= 4 is 17.6 Å². The monoisotopic (exact) mass is 360 g/mol. The lowest BCUT2D eigenvalue weighted by Gasteiger charge is -2.08. The zero-order valence-corrected chi connectivity index (χ0v) is 14.5. The number of rotatable bonds is 6. The van der Waals surface area contributed by atoms with Gasteiger partial charge in [-0.1, -0.05) is 11.6 Å². The molecule has 0 saturated carbocycles. The molecular formula is C17H17ClN4O3. The van der Waals surface area contributed by atoms with Crippen LogP contribution >= 0.6 is 11.6 Å². The van der Waals surface area contributed by atoms with E-state index in [4.69, 9.17) is 21.1 Å². The number of aromatic amines is 1. The third-order valence-corrected chi connectivity index (χ3v) is 4.06. The Kier molecular flexibility index (Phi) is 4.87. The van der Waals surface area contributed by atoms with E-state index in [1.807, 2.05) is 19.9 Å². The average molecular weight is 361 g/mol. The number of carboxylic acids is 1. The first-order chi connectivity index (χ1) is 11.9. The van der Waals surface area contributed by atoms with Crippen LogP contribution in [0.4, 0.5) is 0 Å². The number of aromatic carboxylic acids is 1. The number of nitrogens with one attached hydrogen (secondary N) is 2. The first-order valence-corrected chi connectivity index (χ1v) is 8.06. The van der Waals surface area contributed by atoms with E-state index in [2.05, 4.69) is 20.5 Å². The van der Waals surface area contributed by atoms with Gasteiger partial charge in [0.15, 0.2) is 5.82 Å². The maximum atomic E-state index is 11.2. The van der Waals surface area contributed by atoms with Gasteiger partial charge in [0.2, 0.25) is 0 Å². The molecule has 0 spiro atoms. The van der Waals surface area contributed by atoms with Crippen LogP contribution in [0.25, 0.3) is 11.3 Å². The Morgan fingerprint density at radius 3 is 2.88 bits per heavy atom. The highest BCUT2D eigenvalue weighted by molar-refractivity contribution is 6.33. The summed E-state index contributed by atoms with van der Waals surface area (Å²) in [6, 6.07) is 8.38. The average Bonchev–Trinajstić information content (AvgIpc) is 3.22. The molecule has 7 nitrogen and oxygen atoms in total. The summed E-state index contributed by atoms with van der Waals surface area (Å²) in [7, 11) is 0. The van der Waals surface area contributed by atoms with Crippen LogP contribution in [0.1, 0.15) is 40.7 Å². The molecule has 8 heteroatoms. The molecule has 3 N–H and O–H groups in total. The number of aromatic nitrogens is 3. The van der Waals surface area contributed by atoms with Crippen LogP contribution in [-0.2, 0) is 6.54 Å². The van der Waals surface area contributed by atoms with E-state index in [-0.39, 0.29) is 16.6 Å². The summed E-state index contributed by atoms with van der Waals surface area (Å²) in [5.74, 6) is 1.68. The van der Waals surface area contributed by atoms with Crippen LogP contribution in [0.5, 0.6) is 0 Å². The molecule has 0 saturated heterocycles. The van der Waals surface area contributed by atoms with Crippen molar-refractivity contribution in [1.82, 2.24) is 20.5 Å². The number of carbonyl (C=O) groups is 1. The van der Waals surface area contributed by atoms with Gasteiger partial charge >= 0.3 is 5.97 Å². The number of nitrogens with zero attached hydrogens (tertiary/aromatic N) is 2. The summed E-state index contributed by atoms with van der Waals surface area (Å²) in [6.07, 6.45) is 0. The lowest BCUT2D eigenvalue weighted by Crippen LogP contribution is -2.18. The Labute approximate surface area is 149 Å². The van der Waals surface area contributed by atoms with Gasteiger partial charge < -0.3 is 14.8 Å². The Morgan fingerprint density at radius 2 is 2.20 bits per heavy atom. The molecule has 130 valence electrons. The van der Waals surface area contributed by atoms with E-state index >= 15 is 0 Å².